The van der Waals surface area contributed by atoms with E-state index in [-0.39, 0.29) is 25.7 Å². The molecule has 0 saturated carbocycles. The second-order valence-electron chi connectivity index (χ2n) is 26.3. The van der Waals surface area contributed by atoms with Crippen LogP contribution in [0.25, 0.3) is 0 Å². The van der Waals surface area contributed by atoms with Crippen molar-refractivity contribution in [2.24, 2.45) is 0 Å². The molecule has 0 amide bonds. The van der Waals surface area contributed by atoms with Crippen molar-refractivity contribution in [3.05, 3.63) is 24.3 Å². The minimum Gasteiger partial charge on any atom is -0.462 e. The summed E-state index contributed by atoms with van der Waals surface area (Å²) in [5.41, 5.74) is 0. The first-order valence-corrected chi connectivity index (χ1v) is 41.6. The van der Waals surface area contributed by atoms with Crippen molar-refractivity contribution in [2.45, 2.75) is 393 Å². The standard InChI is InChI=1S/C75H142O17P2/c1-5-9-13-17-21-25-29-33-34-38-42-46-50-54-58-62-75(80)92-71(66-86-73(78)60-56-52-48-44-40-36-31-27-23-19-15-11-7-3)68-90-94(83,84)88-64-69(76)63-87-93(81,82)89-67-70(91-74(79)61-57-53-49-45-41-37-32-28-24-20-16-12-8-4)65-85-72(77)59-55-51-47-43-39-35-30-26-22-18-14-10-6-2/h21,25,33-34,69-71,76H,5-20,22-24,26-32,35-68H2,1-4H3,(H,81,82)(H,83,84)/b25-21-,34-33-/t69-,70-,71-/m1/s1. The molecule has 19 heteroatoms. The van der Waals surface area contributed by atoms with Crippen LogP contribution in [0.4, 0.5) is 0 Å². The van der Waals surface area contributed by atoms with Gasteiger partial charge in [-0.3, -0.25) is 37.3 Å². The summed E-state index contributed by atoms with van der Waals surface area (Å²) in [4.78, 5) is 72.8. The lowest BCUT2D eigenvalue weighted by atomic mass is 10.0. The highest BCUT2D eigenvalue weighted by Gasteiger charge is 2.30. The highest BCUT2D eigenvalue weighted by molar-refractivity contribution is 7.47. The zero-order valence-electron chi connectivity index (χ0n) is 60.4. The number of hydrogen-bond acceptors (Lipinski definition) is 15. The molecule has 0 aromatic heterocycles. The van der Waals surface area contributed by atoms with Crippen LogP contribution >= 0.6 is 15.6 Å². The lowest BCUT2D eigenvalue weighted by Crippen LogP contribution is -2.30. The topological polar surface area (TPSA) is 237 Å². The number of unbranched alkanes of at least 4 members (excludes halogenated alkanes) is 44. The van der Waals surface area contributed by atoms with Gasteiger partial charge in [-0.05, 0) is 57.8 Å². The van der Waals surface area contributed by atoms with Gasteiger partial charge in [0.25, 0.3) is 0 Å². The molecule has 0 aromatic rings. The third-order valence-electron chi connectivity index (χ3n) is 16.9. The molecule has 0 aromatic carbocycles. The second-order valence-corrected chi connectivity index (χ2v) is 29.2. The average Bonchev–Trinajstić information content (AvgIpc) is 2.26. The number of carbonyl (C=O) groups is 4. The Hall–Kier alpha value is -2.46. The number of aliphatic hydroxyl groups is 1. The molecule has 3 N–H and O–H groups in total. The Kier molecular flexibility index (Phi) is 67.2. The van der Waals surface area contributed by atoms with Gasteiger partial charge in [-0.1, -0.05) is 315 Å². The van der Waals surface area contributed by atoms with Crippen LogP contribution in [-0.4, -0.2) is 96.7 Å². The lowest BCUT2D eigenvalue weighted by Gasteiger charge is -2.21. The number of carbonyl (C=O) groups excluding carboxylic acids is 4. The van der Waals surface area contributed by atoms with Gasteiger partial charge in [-0.25, -0.2) is 9.13 Å². The SMILES string of the molecule is CCCCC/C=C\C/C=C\CCCCCCCC(=O)O[C@H](COC(=O)CCCCCCCCCCCCCCC)COP(=O)(O)OC[C@H](O)COP(=O)(O)OC[C@@H](COC(=O)CCCCCCCCCCCCCCC)OC(=O)CCCCCCCCCCCCCCC. The maximum absolute atomic E-state index is 13.1. The predicted molar refractivity (Wildman–Crippen MR) is 381 cm³/mol. The van der Waals surface area contributed by atoms with Gasteiger partial charge in [-0.15, -0.1) is 0 Å². The van der Waals surface area contributed by atoms with Crippen LogP contribution in [0.2, 0.25) is 0 Å². The Morgan fingerprint density at radius 1 is 0.298 bits per heavy atom. The summed E-state index contributed by atoms with van der Waals surface area (Å²) in [5.74, 6) is -2.14. The number of allylic oxidation sites excluding steroid dienone is 4. The highest BCUT2D eigenvalue weighted by atomic mass is 31.2. The summed E-state index contributed by atoms with van der Waals surface area (Å²) in [6.45, 7) is 4.92. The van der Waals surface area contributed by atoms with Crippen molar-refractivity contribution in [1.29, 1.82) is 0 Å². The van der Waals surface area contributed by atoms with Gasteiger partial charge in [0.2, 0.25) is 0 Å². The van der Waals surface area contributed by atoms with E-state index in [2.05, 4.69) is 52.0 Å². The molecule has 0 aliphatic rings. The predicted octanol–water partition coefficient (Wildman–Crippen LogP) is 21.8. The number of rotatable bonds is 74. The molecule has 554 valence electrons. The van der Waals surface area contributed by atoms with E-state index in [1.165, 1.54) is 186 Å². The largest absolute Gasteiger partial charge is 0.472 e. The normalized spacial score (nSPS) is 14.1. The van der Waals surface area contributed by atoms with E-state index in [4.69, 9.17) is 37.0 Å². The van der Waals surface area contributed by atoms with E-state index in [1.54, 1.807) is 0 Å². The summed E-state index contributed by atoms with van der Waals surface area (Å²) in [6, 6.07) is 0. The van der Waals surface area contributed by atoms with Crippen molar-refractivity contribution >= 4 is 39.5 Å². The van der Waals surface area contributed by atoms with Crippen LogP contribution in [0.5, 0.6) is 0 Å². The molecule has 0 rings (SSSR count). The van der Waals surface area contributed by atoms with Gasteiger partial charge in [0, 0.05) is 25.7 Å². The molecule has 0 bridgehead atoms. The molecule has 0 heterocycles. The summed E-state index contributed by atoms with van der Waals surface area (Å²) >= 11 is 0. The molecule has 5 atom stereocenters. The number of aliphatic hydroxyl groups excluding tert-OH is 1. The Labute approximate surface area is 573 Å². The molecule has 0 aliphatic carbocycles. The number of hydrogen-bond donors (Lipinski definition) is 3. The van der Waals surface area contributed by atoms with Crippen LogP contribution in [-0.2, 0) is 65.4 Å². The Balaban J connectivity index is 5.29. The third-order valence-corrected chi connectivity index (χ3v) is 18.9. The summed E-state index contributed by atoms with van der Waals surface area (Å²) in [5, 5.41) is 10.6. The fraction of sp³-hybridized carbons (Fsp3) is 0.893. The second kappa shape index (κ2) is 69.0. The van der Waals surface area contributed by atoms with Gasteiger partial charge in [0.15, 0.2) is 12.2 Å². The van der Waals surface area contributed by atoms with Crippen molar-refractivity contribution < 1.29 is 80.2 Å². The molecule has 94 heavy (non-hydrogen) atoms. The van der Waals surface area contributed by atoms with Gasteiger partial charge in [0.05, 0.1) is 26.4 Å². The van der Waals surface area contributed by atoms with Gasteiger partial charge in [0.1, 0.15) is 19.3 Å². The van der Waals surface area contributed by atoms with Crippen molar-refractivity contribution in [3.8, 4) is 0 Å². The zero-order valence-corrected chi connectivity index (χ0v) is 62.2. The van der Waals surface area contributed by atoms with E-state index >= 15 is 0 Å². The Morgan fingerprint density at radius 2 is 0.521 bits per heavy atom. The zero-order chi connectivity index (χ0) is 69.0. The number of esters is 4. The van der Waals surface area contributed by atoms with Crippen LogP contribution in [0.15, 0.2) is 24.3 Å². The fourth-order valence-electron chi connectivity index (χ4n) is 11.0. The third kappa shape index (κ3) is 68.1. The monoisotopic (exact) mass is 1380 g/mol. The van der Waals surface area contributed by atoms with Crippen LogP contribution in [0.3, 0.4) is 0 Å². The van der Waals surface area contributed by atoms with Gasteiger partial charge >= 0.3 is 39.5 Å². The van der Waals surface area contributed by atoms with Crippen LogP contribution in [0, 0.1) is 0 Å². The Bertz CT molecular complexity index is 1880. The number of phosphoric acid groups is 2. The summed E-state index contributed by atoms with van der Waals surface area (Å²) < 4.78 is 68.5. The first-order chi connectivity index (χ1) is 45.7. The van der Waals surface area contributed by atoms with Crippen molar-refractivity contribution in [1.82, 2.24) is 0 Å². The van der Waals surface area contributed by atoms with E-state index in [0.29, 0.717) is 25.7 Å². The van der Waals surface area contributed by atoms with Gasteiger partial charge in [-0.2, -0.15) is 0 Å². The number of phosphoric ester groups is 2. The molecule has 17 nitrogen and oxygen atoms in total. The molecule has 0 aliphatic heterocycles. The van der Waals surface area contributed by atoms with Gasteiger partial charge < -0.3 is 33.8 Å². The molecule has 0 saturated heterocycles. The van der Waals surface area contributed by atoms with Crippen molar-refractivity contribution in [3.63, 3.8) is 0 Å². The quantitative estimate of drug-likeness (QED) is 0.0169. The Morgan fingerprint density at radius 3 is 0.809 bits per heavy atom. The van der Waals surface area contributed by atoms with E-state index in [1.807, 2.05) is 0 Å². The van der Waals surface area contributed by atoms with E-state index < -0.39 is 97.5 Å². The minimum atomic E-state index is -4.96. The maximum Gasteiger partial charge on any atom is 0.472 e. The smallest absolute Gasteiger partial charge is 0.462 e. The van der Waals surface area contributed by atoms with E-state index in [0.717, 1.165) is 109 Å². The molecule has 2 unspecified atom stereocenters. The number of ether oxygens (including phenoxy) is 4. The maximum atomic E-state index is 13.1. The van der Waals surface area contributed by atoms with Crippen LogP contribution < -0.4 is 0 Å². The molecule has 0 spiro atoms. The molecule has 0 radical (unpaired) electrons. The minimum absolute atomic E-state index is 0.0875. The van der Waals surface area contributed by atoms with E-state index in [9.17, 15) is 43.2 Å². The molecule has 0 fully saturated rings. The first-order valence-electron chi connectivity index (χ1n) is 38.6. The lowest BCUT2D eigenvalue weighted by molar-refractivity contribution is -0.161. The van der Waals surface area contributed by atoms with Crippen LogP contribution in [0.1, 0.15) is 374 Å². The average molecular weight is 1380 g/mol. The van der Waals surface area contributed by atoms with Crippen molar-refractivity contribution in [2.75, 3.05) is 39.6 Å². The molecular formula is C75H142O17P2. The highest BCUT2D eigenvalue weighted by Crippen LogP contribution is 2.45. The summed E-state index contributed by atoms with van der Waals surface area (Å²) in [6.07, 6.45) is 61.6. The summed E-state index contributed by atoms with van der Waals surface area (Å²) in [7, 11) is -9.92. The molecular weight excluding hydrogens is 1230 g/mol. The first kappa shape index (κ1) is 91.5. The fourth-order valence-corrected chi connectivity index (χ4v) is 12.6.